The number of rotatable bonds is 5. The Bertz CT molecular complexity index is 934. The predicted molar refractivity (Wildman–Crippen MR) is 86.9 cm³/mol. The van der Waals surface area contributed by atoms with Crippen LogP contribution in [0.4, 0.5) is 14.5 Å². The number of aryl methyl sites for hydroxylation is 1. The number of hydrogen-bond acceptors (Lipinski definition) is 5. The first-order chi connectivity index (χ1) is 11.9. The van der Waals surface area contributed by atoms with E-state index in [4.69, 9.17) is 5.73 Å². The quantitative estimate of drug-likeness (QED) is 0.713. The van der Waals surface area contributed by atoms with Gasteiger partial charge in [0.15, 0.2) is 0 Å². The summed E-state index contributed by atoms with van der Waals surface area (Å²) >= 11 is 0. The molecule has 9 heteroatoms. The van der Waals surface area contributed by atoms with Crippen LogP contribution in [0, 0.1) is 6.92 Å². The number of tetrazole rings is 1. The summed E-state index contributed by atoms with van der Waals surface area (Å²) in [5.41, 5.74) is 8.17. The van der Waals surface area contributed by atoms with Crippen LogP contribution in [0.3, 0.4) is 0 Å². The van der Waals surface area contributed by atoms with Crippen molar-refractivity contribution in [3.8, 4) is 11.4 Å². The molecule has 0 saturated carbocycles. The maximum absolute atomic E-state index is 12.4. The molecule has 0 unspecified atom stereocenters. The lowest BCUT2D eigenvalue weighted by Gasteiger charge is -2.05. The van der Waals surface area contributed by atoms with Crippen LogP contribution in [0.2, 0.25) is 0 Å². The van der Waals surface area contributed by atoms with E-state index in [1.807, 2.05) is 19.1 Å². The first-order valence-corrected chi connectivity index (χ1v) is 7.37. The Labute approximate surface area is 141 Å². The van der Waals surface area contributed by atoms with Gasteiger partial charge in [0.25, 0.3) is 0 Å². The van der Waals surface area contributed by atoms with Crippen molar-refractivity contribution in [3.63, 3.8) is 0 Å². The summed E-state index contributed by atoms with van der Waals surface area (Å²) in [6, 6.07) is 11.0. The molecule has 0 aliphatic rings. The molecule has 1 aromatic heterocycles. The van der Waals surface area contributed by atoms with Gasteiger partial charge in [-0.15, -0.1) is 0 Å². The number of nitrogens with two attached hydrogens (primary N) is 1. The van der Waals surface area contributed by atoms with Crippen molar-refractivity contribution in [2.45, 2.75) is 20.1 Å². The molecule has 25 heavy (non-hydrogen) atoms. The smallest absolute Gasteiger partial charge is 0.387 e. The summed E-state index contributed by atoms with van der Waals surface area (Å²) < 4.78 is 30.9. The van der Waals surface area contributed by atoms with Gasteiger partial charge in [-0.05, 0) is 58.8 Å². The Kier molecular flexibility index (Phi) is 4.46. The zero-order valence-corrected chi connectivity index (χ0v) is 13.3. The van der Waals surface area contributed by atoms with Gasteiger partial charge in [-0.25, -0.2) is 4.79 Å². The van der Waals surface area contributed by atoms with Crippen LogP contribution in [0.25, 0.3) is 5.69 Å². The Morgan fingerprint density at radius 1 is 1.16 bits per heavy atom. The summed E-state index contributed by atoms with van der Waals surface area (Å²) in [6.07, 6.45) is 0. The van der Waals surface area contributed by atoms with Gasteiger partial charge in [0, 0.05) is 5.69 Å². The molecule has 0 saturated heterocycles. The number of ether oxygens (including phenoxy) is 1. The normalized spacial score (nSPS) is 11.0. The maximum atomic E-state index is 12.4. The zero-order chi connectivity index (χ0) is 18.0. The Balaban J connectivity index is 1.83. The zero-order valence-electron chi connectivity index (χ0n) is 13.3. The number of hydrogen-bond donors (Lipinski definition) is 1. The fourth-order valence-electron chi connectivity index (χ4n) is 2.31. The highest BCUT2D eigenvalue weighted by molar-refractivity contribution is 5.47. The van der Waals surface area contributed by atoms with Gasteiger partial charge in [-0.2, -0.15) is 18.1 Å². The molecule has 0 aliphatic carbocycles. The van der Waals surface area contributed by atoms with Crippen molar-refractivity contribution in [2.75, 3.05) is 5.73 Å². The number of nitrogen functional groups attached to an aromatic ring is 1. The molecule has 0 atom stereocenters. The van der Waals surface area contributed by atoms with E-state index in [1.54, 1.807) is 6.07 Å². The van der Waals surface area contributed by atoms with E-state index in [9.17, 15) is 13.6 Å². The molecular formula is C16H15F2N5O2. The monoisotopic (exact) mass is 347 g/mol. The average molecular weight is 347 g/mol. The van der Waals surface area contributed by atoms with E-state index < -0.39 is 12.3 Å². The fourth-order valence-corrected chi connectivity index (χ4v) is 2.31. The van der Waals surface area contributed by atoms with Crippen molar-refractivity contribution in [1.82, 2.24) is 19.8 Å². The molecule has 1 heterocycles. The molecule has 0 amide bonds. The van der Waals surface area contributed by atoms with Gasteiger partial charge in [-0.1, -0.05) is 12.1 Å². The number of benzene rings is 2. The summed E-state index contributed by atoms with van der Waals surface area (Å²) in [7, 11) is 0. The number of anilines is 1. The largest absolute Gasteiger partial charge is 0.435 e. The van der Waals surface area contributed by atoms with Gasteiger partial charge in [-0.3, -0.25) is 0 Å². The molecule has 3 rings (SSSR count). The van der Waals surface area contributed by atoms with Gasteiger partial charge < -0.3 is 10.5 Å². The van der Waals surface area contributed by atoms with Crippen molar-refractivity contribution >= 4 is 5.69 Å². The van der Waals surface area contributed by atoms with E-state index in [1.165, 1.54) is 28.9 Å². The molecule has 0 radical (unpaired) electrons. The second kappa shape index (κ2) is 6.71. The number of nitrogens with zero attached hydrogens (tertiary/aromatic N) is 4. The van der Waals surface area contributed by atoms with Crippen LogP contribution in [0.15, 0.2) is 47.3 Å². The van der Waals surface area contributed by atoms with E-state index in [-0.39, 0.29) is 12.3 Å². The highest BCUT2D eigenvalue weighted by Crippen LogP contribution is 2.16. The average Bonchev–Trinajstić information content (AvgIpc) is 2.92. The van der Waals surface area contributed by atoms with Gasteiger partial charge in [0.2, 0.25) is 0 Å². The minimum Gasteiger partial charge on any atom is -0.435 e. The topological polar surface area (TPSA) is 88.0 Å². The second-order valence-corrected chi connectivity index (χ2v) is 5.39. The molecule has 0 aliphatic heterocycles. The van der Waals surface area contributed by atoms with E-state index >= 15 is 0 Å². The molecule has 2 N–H and O–H groups in total. The highest BCUT2D eigenvalue weighted by Gasteiger charge is 2.11. The van der Waals surface area contributed by atoms with Crippen LogP contribution in [-0.2, 0) is 6.54 Å². The maximum Gasteiger partial charge on any atom is 0.387 e. The Morgan fingerprint density at radius 3 is 2.52 bits per heavy atom. The molecule has 0 bridgehead atoms. The molecule has 0 fully saturated rings. The number of aromatic nitrogens is 4. The lowest BCUT2D eigenvalue weighted by Crippen LogP contribution is -2.24. The second-order valence-electron chi connectivity index (χ2n) is 5.39. The number of alkyl halides is 2. The Hall–Kier alpha value is -3.23. The standard InChI is InChI=1S/C16H15F2N5O2/c1-10-8-11(2-7-14(10)19)9-22-16(24)23(21-20-22)12-3-5-13(6-4-12)25-15(17)18/h2-8,15H,9,19H2,1H3. The van der Waals surface area contributed by atoms with Crippen LogP contribution in [0.5, 0.6) is 5.75 Å². The molecule has 3 aromatic rings. The SMILES string of the molecule is Cc1cc(Cn2nnn(-c3ccc(OC(F)F)cc3)c2=O)ccc1N. The van der Waals surface area contributed by atoms with Crippen molar-refractivity contribution < 1.29 is 13.5 Å². The van der Waals surface area contributed by atoms with E-state index in [0.717, 1.165) is 15.8 Å². The summed E-state index contributed by atoms with van der Waals surface area (Å²) in [5, 5.41) is 7.66. The molecule has 0 spiro atoms. The van der Waals surface area contributed by atoms with Gasteiger partial charge >= 0.3 is 12.3 Å². The summed E-state index contributed by atoms with van der Waals surface area (Å²) in [6.45, 7) is -0.786. The molecular weight excluding hydrogens is 332 g/mol. The summed E-state index contributed by atoms with van der Waals surface area (Å²) in [4.78, 5) is 12.4. The Morgan fingerprint density at radius 2 is 1.88 bits per heavy atom. The molecule has 2 aromatic carbocycles. The van der Waals surface area contributed by atoms with Gasteiger partial charge in [0.05, 0.1) is 12.2 Å². The van der Waals surface area contributed by atoms with E-state index in [0.29, 0.717) is 11.4 Å². The molecule has 130 valence electrons. The van der Waals surface area contributed by atoms with E-state index in [2.05, 4.69) is 15.2 Å². The van der Waals surface area contributed by atoms with Crippen LogP contribution >= 0.6 is 0 Å². The minimum absolute atomic E-state index is 0.00320. The lowest BCUT2D eigenvalue weighted by atomic mass is 10.1. The third-order valence-corrected chi connectivity index (χ3v) is 3.61. The van der Waals surface area contributed by atoms with Crippen LogP contribution < -0.4 is 16.2 Å². The first kappa shape index (κ1) is 16.6. The van der Waals surface area contributed by atoms with Crippen molar-refractivity contribution in [3.05, 3.63) is 64.1 Å². The number of halogens is 2. The third-order valence-electron chi connectivity index (χ3n) is 3.61. The fraction of sp³-hybridized carbons (Fsp3) is 0.188. The van der Waals surface area contributed by atoms with Crippen molar-refractivity contribution in [1.29, 1.82) is 0 Å². The van der Waals surface area contributed by atoms with Gasteiger partial charge in [0.1, 0.15) is 5.75 Å². The highest BCUT2D eigenvalue weighted by atomic mass is 19.3. The minimum atomic E-state index is -2.90. The van der Waals surface area contributed by atoms with Crippen molar-refractivity contribution in [2.24, 2.45) is 0 Å². The summed E-state index contributed by atoms with van der Waals surface area (Å²) in [5.74, 6) is -0.00320. The van der Waals surface area contributed by atoms with Crippen LogP contribution in [0.1, 0.15) is 11.1 Å². The molecule has 7 nitrogen and oxygen atoms in total. The van der Waals surface area contributed by atoms with Crippen LogP contribution in [-0.4, -0.2) is 26.4 Å². The lowest BCUT2D eigenvalue weighted by molar-refractivity contribution is -0.0498. The first-order valence-electron chi connectivity index (χ1n) is 7.37. The predicted octanol–water partition coefficient (Wildman–Crippen LogP) is 1.97. The third kappa shape index (κ3) is 3.65.